The molecule has 9 nitrogen and oxygen atoms in total. The van der Waals surface area contributed by atoms with E-state index in [1.165, 1.54) is 225 Å². The first kappa shape index (κ1) is 62.9. The summed E-state index contributed by atoms with van der Waals surface area (Å²) in [7, 11) is 0. The number of aliphatic hydroxyl groups excluding tert-OH is 5. The van der Waals surface area contributed by atoms with Crippen LogP contribution in [-0.4, -0.2) is 87.5 Å². The van der Waals surface area contributed by atoms with E-state index >= 15 is 0 Å². The van der Waals surface area contributed by atoms with Crippen molar-refractivity contribution < 1.29 is 39.8 Å². The van der Waals surface area contributed by atoms with E-state index in [1.807, 2.05) is 0 Å². The van der Waals surface area contributed by atoms with Gasteiger partial charge in [-0.3, -0.25) is 4.79 Å². The topological polar surface area (TPSA) is 149 Å². The number of amides is 1. The fraction of sp³-hybridized carbons (Fsp3) is 0.947. The monoisotopic (exact) mass is 938 g/mol. The lowest BCUT2D eigenvalue weighted by molar-refractivity contribution is -0.302. The number of aliphatic hydroxyl groups is 5. The Bertz CT molecular complexity index is 1040. The van der Waals surface area contributed by atoms with Crippen molar-refractivity contribution in [2.24, 2.45) is 0 Å². The van der Waals surface area contributed by atoms with Crippen LogP contribution in [0.15, 0.2) is 12.2 Å². The van der Waals surface area contributed by atoms with E-state index in [9.17, 15) is 30.3 Å². The molecule has 66 heavy (non-hydrogen) atoms. The summed E-state index contributed by atoms with van der Waals surface area (Å²) in [5.74, 6) is -0.143. The molecule has 0 aromatic heterocycles. The van der Waals surface area contributed by atoms with E-state index in [1.54, 1.807) is 0 Å². The van der Waals surface area contributed by atoms with Crippen LogP contribution in [0.2, 0.25) is 0 Å². The Morgan fingerprint density at radius 3 is 1.23 bits per heavy atom. The van der Waals surface area contributed by atoms with E-state index in [4.69, 9.17) is 9.47 Å². The third-order valence-corrected chi connectivity index (χ3v) is 14.1. The van der Waals surface area contributed by atoms with Gasteiger partial charge in [-0.25, -0.2) is 0 Å². The minimum atomic E-state index is -1.55. The molecule has 0 aromatic carbocycles. The van der Waals surface area contributed by atoms with Crippen LogP contribution in [0.5, 0.6) is 0 Å². The van der Waals surface area contributed by atoms with Crippen LogP contribution in [0.4, 0.5) is 0 Å². The summed E-state index contributed by atoms with van der Waals surface area (Å²) in [6.07, 6.45) is 50.9. The molecule has 0 saturated carbocycles. The zero-order valence-corrected chi connectivity index (χ0v) is 43.5. The van der Waals surface area contributed by atoms with E-state index in [2.05, 4.69) is 31.3 Å². The van der Waals surface area contributed by atoms with Crippen molar-refractivity contribution in [3.05, 3.63) is 12.2 Å². The number of hydrogen-bond acceptors (Lipinski definition) is 8. The number of ether oxygens (including phenoxy) is 2. The fourth-order valence-corrected chi connectivity index (χ4v) is 9.51. The second-order valence-electron chi connectivity index (χ2n) is 20.4. The second kappa shape index (κ2) is 47.6. The Hall–Kier alpha value is -1.07. The van der Waals surface area contributed by atoms with Crippen molar-refractivity contribution in [3.8, 4) is 0 Å². The van der Waals surface area contributed by atoms with Gasteiger partial charge in [0.05, 0.1) is 25.4 Å². The predicted octanol–water partition coefficient (Wildman–Crippen LogP) is 14.0. The van der Waals surface area contributed by atoms with Crippen molar-refractivity contribution >= 4 is 5.91 Å². The van der Waals surface area contributed by atoms with Crippen molar-refractivity contribution in [3.63, 3.8) is 0 Å². The molecular weight excluding hydrogens is 827 g/mol. The quantitative estimate of drug-likeness (QED) is 0.0261. The van der Waals surface area contributed by atoms with Gasteiger partial charge in [-0.2, -0.15) is 0 Å². The number of allylic oxidation sites excluding steroid dienone is 2. The number of nitrogens with one attached hydrogen (secondary N) is 1. The Kier molecular flexibility index (Phi) is 45.4. The zero-order chi connectivity index (χ0) is 48.0. The summed E-state index contributed by atoms with van der Waals surface area (Å²) >= 11 is 0. The van der Waals surface area contributed by atoms with Gasteiger partial charge in [0, 0.05) is 6.42 Å². The van der Waals surface area contributed by atoms with E-state index < -0.39 is 49.5 Å². The maximum absolute atomic E-state index is 13.1. The number of hydrogen-bond donors (Lipinski definition) is 6. The average molecular weight is 939 g/mol. The smallest absolute Gasteiger partial charge is 0.220 e. The molecule has 6 N–H and O–H groups in total. The van der Waals surface area contributed by atoms with Crippen LogP contribution in [-0.2, 0) is 14.3 Å². The minimum Gasteiger partial charge on any atom is -0.394 e. The summed E-state index contributed by atoms with van der Waals surface area (Å²) in [5.41, 5.74) is 0. The number of unbranched alkanes of at least 4 members (excludes halogenated alkanes) is 38. The third-order valence-electron chi connectivity index (χ3n) is 14.1. The van der Waals surface area contributed by atoms with Crippen LogP contribution in [0.1, 0.15) is 290 Å². The van der Waals surface area contributed by atoms with Gasteiger partial charge in [0.2, 0.25) is 5.91 Å². The SMILES string of the molecule is CCCCCCCCCCCC/C=C\CCCCCCCCCC(=O)NC(COC1OC(CO)C(O)C(O)C1O)C(O)CCCCCCCCCCCCCCCCCCCCCCCC. The first-order valence-corrected chi connectivity index (χ1v) is 28.9. The lowest BCUT2D eigenvalue weighted by Gasteiger charge is -2.40. The molecule has 0 radical (unpaired) electrons. The molecule has 1 heterocycles. The summed E-state index contributed by atoms with van der Waals surface area (Å²) in [6, 6.07) is -0.719. The predicted molar refractivity (Wildman–Crippen MR) is 277 cm³/mol. The normalized spacial score (nSPS) is 19.8. The van der Waals surface area contributed by atoms with Crippen LogP contribution in [0.3, 0.4) is 0 Å². The molecule has 0 spiro atoms. The van der Waals surface area contributed by atoms with Crippen LogP contribution < -0.4 is 5.32 Å². The molecule has 392 valence electrons. The standard InChI is InChI=1S/C57H111NO8/c1-3-5-7-9-11-13-15-17-19-21-23-25-27-28-30-32-34-36-38-40-42-44-46-51(60)50(49-65-57-56(64)55(63)54(62)52(48-59)66-57)58-53(61)47-45-43-41-39-37-35-33-31-29-26-24-22-20-18-16-14-12-10-8-6-4-2/h26,29,50-52,54-57,59-60,62-64H,3-25,27-28,30-49H2,1-2H3,(H,58,61)/b29-26-. The zero-order valence-electron chi connectivity index (χ0n) is 43.5. The van der Waals surface area contributed by atoms with Crippen molar-refractivity contribution in [2.75, 3.05) is 13.2 Å². The highest BCUT2D eigenvalue weighted by Crippen LogP contribution is 2.23. The molecule has 1 aliphatic rings. The fourth-order valence-electron chi connectivity index (χ4n) is 9.51. The number of carbonyl (C=O) groups is 1. The number of carbonyl (C=O) groups excluding carboxylic acids is 1. The maximum Gasteiger partial charge on any atom is 0.220 e. The lowest BCUT2D eigenvalue weighted by Crippen LogP contribution is -2.60. The molecule has 1 fully saturated rings. The molecule has 0 bridgehead atoms. The average Bonchev–Trinajstić information content (AvgIpc) is 3.32. The largest absolute Gasteiger partial charge is 0.394 e. The van der Waals surface area contributed by atoms with Gasteiger partial charge in [-0.05, 0) is 38.5 Å². The number of rotatable bonds is 50. The summed E-state index contributed by atoms with van der Waals surface area (Å²) in [6.45, 7) is 3.88. The van der Waals surface area contributed by atoms with Gasteiger partial charge in [0.25, 0.3) is 0 Å². The van der Waals surface area contributed by atoms with Crippen LogP contribution in [0.25, 0.3) is 0 Å². The van der Waals surface area contributed by atoms with Gasteiger partial charge in [0.1, 0.15) is 24.4 Å². The highest BCUT2D eigenvalue weighted by molar-refractivity contribution is 5.76. The van der Waals surface area contributed by atoms with Gasteiger partial charge >= 0.3 is 0 Å². The molecule has 0 aliphatic carbocycles. The molecule has 7 atom stereocenters. The van der Waals surface area contributed by atoms with E-state index in [0.29, 0.717) is 12.8 Å². The van der Waals surface area contributed by atoms with Gasteiger partial charge in [0.15, 0.2) is 6.29 Å². The molecule has 0 aromatic rings. The van der Waals surface area contributed by atoms with E-state index in [-0.39, 0.29) is 12.5 Å². The first-order chi connectivity index (χ1) is 32.3. The molecule has 7 unspecified atom stereocenters. The molecule has 1 amide bonds. The van der Waals surface area contributed by atoms with Crippen molar-refractivity contribution in [2.45, 2.75) is 333 Å². The highest BCUT2D eigenvalue weighted by atomic mass is 16.7. The lowest BCUT2D eigenvalue weighted by atomic mass is 9.99. The maximum atomic E-state index is 13.1. The van der Waals surface area contributed by atoms with Crippen molar-refractivity contribution in [1.29, 1.82) is 0 Å². The summed E-state index contributed by atoms with van der Waals surface area (Å²) in [5, 5.41) is 54.7. The molecular formula is C57H111NO8. The van der Waals surface area contributed by atoms with Crippen molar-refractivity contribution in [1.82, 2.24) is 5.32 Å². The summed E-state index contributed by atoms with van der Waals surface area (Å²) in [4.78, 5) is 13.1. The second-order valence-corrected chi connectivity index (χ2v) is 20.4. The Morgan fingerprint density at radius 1 is 0.500 bits per heavy atom. The Labute approximate surface area is 407 Å². The molecule has 9 heteroatoms. The van der Waals surface area contributed by atoms with E-state index in [0.717, 1.165) is 38.5 Å². The molecule has 1 saturated heterocycles. The van der Waals surface area contributed by atoms with Gasteiger partial charge in [-0.15, -0.1) is 0 Å². The first-order valence-electron chi connectivity index (χ1n) is 28.9. The minimum absolute atomic E-state index is 0.136. The third kappa shape index (κ3) is 36.9. The summed E-state index contributed by atoms with van der Waals surface area (Å²) < 4.78 is 11.3. The van der Waals surface area contributed by atoms with Gasteiger partial charge < -0.3 is 40.3 Å². The van der Waals surface area contributed by atoms with Gasteiger partial charge in [-0.1, -0.05) is 257 Å². The van der Waals surface area contributed by atoms with Crippen LogP contribution in [0, 0.1) is 0 Å². The molecule has 1 rings (SSSR count). The highest BCUT2D eigenvalue weighted by Gasteiger charge is 2.44. The Morgan fingerprint density at radius 2 is 0.848 bits per heavy atom. The molecule has 1 aliphatic heterocycles. The Balaban J connectivity index is 2.21. The van der Waals surface area contributed by atoms with Crippen LogP contribution >= 0.6 is 0 Å².